The first kappa shape index (κ1) is 10.2. The molecule has 0 bridgehead atoms. The Labute approximate surface area is 89.9 Å². The van der Waals surface area contributed by atoms with E-state index in [-0.39, 0.29) is 0 Å². The average Bonchev–Trinajstić information content (AvgIpc) is 2.24. The Balaban J connectivity index is 2.19. The zero-order valence-electron chi connectivity index (χ0n) is 9.27. The van der Waals surface area contributed by atoms with Crippen LogP contribution >= 0.6 is 0 Å². The third-order valence-corrected chi connectivity index (χ3v) is 2.90. The zero-order valence-corrected chi connectivity index (χ0v) is 9.27. The van der Waals surface area contributed by atoms with E-state index in [1.54, 1.807) is 0 Å². The average molecular weight is 207 g/mol. The lowest BCUT2D eigenvalue weighted by atomic mass is 10.2. The summed E-state index contributed by atoms with van der Waals surface area (Å²) in [6.07, 6.45) is 1.54. The second kappa shape index (κ2) is 4.02. The van der Waals surface area contributed by atoms with Crippen LogP contribution < -0.4 is 10.6 Å². The van der Waals surface area contributed by atoms with Crippen molar-refractivity contribution in [1.29, 1.82) is 0 Å². The smallest absolute Gasteiger partial charge is 0.137 e. The van der Waals surface area contributed by atoms with Gasteiger partial charge in [-0.3, -0.25) is 0 Å². The van der Waals surface area contributed by atoms with Gasteiger partial charge in [-0.25, -0.2) is 9.97 Å². The van der Waals surface area contributed by atoms with Crippen molar-refractivity contribution in [3.8, 4) is 0 Å². The Kier molecular flexibility index (Phi) is 2.73. The summed E-state index contributed by atoms with van der Waals surface area (Å²) in [6.45, 7) is 6.14. The minimum atomic E-state index is 0.582. The standard InChI is InChI=1S/C10H17N5/c1-8-9(11)12-7-13-10(8)15-5-3-14(2)4-6-15/h7H,3-6H2,1-2H3,(H2,11,12,13). The lowest BCUT2D eigenvalue weighted by Crippen LogP contribution is -2.45. The Morgan fingerprint density at radius 3 is 2.53 bits per heavy atom. The van der Waals surface area contributed by atoms with E-state index in [0.29, 0.717) is 5.82 Å². The van der Waals surface area contributed by atoms with Crippen LogP contribution in [0, 0.1) is 6.92 Å². The van der Waals surface area contributed by atoms with Gasteiger partial charge in [0.25, 0.3) is 0 Å². The summed E-state index contributed by atoms with van der Waals surface area (Å²) >= 11 is 0. The number of likely N-dealkylation sites (N-methyl/N-ethyl adjacent to an activating group) is 1. The molecule has 1 aromatic heterocycles. The van der Waals surface area contributed by atoms with Crippen molar-refractivity contribution >= 4 is 11.6 Å². The molecule has 5 nitrogen and oxygen atoms in total. The normalized spacial score (nSPS) is 18.1. The molecular formula is C10H17N5. The molecule has 1 fully saturated rings. The lowest BCUT2D eigenvalue weighted by molar-refractivity contribution is 0.312. The van der Waals surface area contributed by atoms with Crippen molar-refractivity contribution in [2.24, 2.45) is 0 Å². The van der Waals surface area contributed by atoms with Crippen molar-refractivity contribution in [2.45, 2.75) is 6.92 Å². The van der Waals surface area contributed by atoms with Crippen LogP contribution in [0.1, 0.15) is 5.56 Å². The zero-order chi connectivity index (χ0) is 10.8. The fraction of sp³-hybridized carbons (Fsp3) is 0.600. The van der Waals surface area contributed by atoms with Gasteiger partial charge in [-0.05, 0) is 14.0 Å². The maximum absolute atomic E-state index is 5.77. The van der Waals surface area contributed by atoms with Crippen LogP contribution in [-0.2, 0) is 0 Å². The highest BCUT2D eigenvalue weighted by Gasteiger charge is 2.17. The predicted molar refractivity (Wildman–Crippen MR) is 60.9 cm³/mol. The Morgan fingerprint density at radius 2 is 1.87 bits per heavy atom. The maximum atomic E-state index is 5.77. The van der Waals surface area contributed by atoms with E-state index >= 15 is 0 Å². The van der Waals surface area contributed by atoms with E-state index in [1.807, 2.05) is 6.92 Å². The predicted octanol–water partition coefficient (Wildman–Crippen LogP) is 0.119. The molecule has 0 aliphatic carbocycles. The molecule has 0 radical (unpaired) electrons. The summed E-state index contributed by atoms with van der Waals surface area (Å²) < 4.78 is 0. The van der Waals surface area contributed by atoms with E-state index in [9.17, 15) is 0 Å². The van der Waals surface area contributed by atoms with Crippen molar-refractivity contribution in [1.82, 2.24) is 14.9 Å². The number of nitrogen functional groups attached to an aromatic ring is 1. The molecule has 2 rings (SSSR count). The molecule has 0 saturated carbocycles. The highest BCUT2D eigenvalue weighted by molar-refractivity contribution is 5.55. The van der Waals surface area contributed by atoms with Crippen LogP contribution in [0.25, 0.3) is 0 Å². The summed E-state index contributed by atoms with van der Waals surface area (Å²) in [4.78, 5) is 12.9. The first-order valence-corrected chi connectivity index (χ1v) is 5.19. The third kappa shape index (κ3) is 2.02. The number of hydrogen-bond acceptors (Lipinski definition) is 5. The van der Waals surface area contributed by atoms with E-state index < -0.39 is 0 Å². The Bertz CT molecular complexity index is 344. The van der Waals surface area contributed by atoms with Crippen molar-refractivity contribution < 1.29 is 0 Å². The highest BCUT2D eigenvalue weighted by Crippen LogP contribution is 2.20. The van der Waals surface area contributed by atoms with Gasteiger partial charge < -0.3 is 15.5 Å². The lowest BCUT2D eigenvalue weighted by Gasteiger charge is -2.33. The summed E-state index contributed by atoms with van der Waals surface area (Å²) in [5, 5.41) is 0. The third-order valence-electron chi connectivity index (χ3n) is 2.90. The topological polar surface area (TPSA) is 58.3 Å². The molecule has 2 heterocycles. The molecule has 82 valence electrons. The number of nitrogens with zero attached hydrogens (tertiary/aromatic N) is 4. The van der Waals surface area contributed by atoms with Gasteiger partial charge in [0.05, 0.1) is 0 Å². The second-order valence-electron chi connectivity index (χ2n) is 4.00. The van der Waals surface area contributed by atoms with Crippen LogP contribution in [0.2, 0.25) is 0 Å². The Hall–Kier alpha value is -1.36. The summed E-state index contributed by atoms with van der Waals surface area (Å²) in [6, 6.07) is 0. The number of rotatable bonds is 1. The molecule has 5 heteroatoms. The molecule has 1 aromatic rings. The van der Waals surface area contributed by atoms with Crippen molar-refractivity contribution in [3.05, 3.63) is 11.9 Å². The fourth-order valence-corrected chi connectivity index (χ4v) is 1.79. The van der Waals surface area contributed by atoms with Crippen molar-refractivity contribution in [2.75, 3.05) is 43.9 Å². The van der Waals surface area contributed by atoms with Gasteiger partial charge in [0.15, 0.2) is 0 Å². The van der Waals surface area contributed by atoms with Gasteiger partial charge in [-0.1, -0.05) is 0 Å². The van der Waals surface area contributed by atoms with Gasteiger partial charge in [-0.2, -0.15) is 0 Å². The van der Waals surface area contributed by atoms with Crippen LogP contribution in [0.3, 0.4) is 0 Å². The van der Waals surface area contributed by atoms with Gasteiger partial charge in [0.1, 0.15) is 18.0 Å². The van der Waals surface area contributed by atoms with E-state index in [0.717, 1.165) is 37.6 Å². The SMILES string of the molecule is Cc1c(N)ncnc1N1CCN(C)CC1. The first-order chi connectivity index (χ1) is 7.18. The maximum Gasteiger partial charge on any atom is 0.137 e. The second-order valence-corrected chi connectivity index (χ2v) is 4.00. The van der Waals surface area contributed by atoms with Gasteiger partial charge >= 0.3 is 0 Å². The molecule has 2 N–H and O–H groups in total. The Morgan fingerprint density at radius 1 is 1.20 bits per heavy atom. The minimum Gasteiger partial charge on any atom is -0.383 e. The largest absolute Gasteiger partial charge is 0.383 e. The van der Waals surface area contributed by atoms with Crippen LogP contribution in [0.5, 0.6) is 0 Å². The molecule has 15 heavy (non-hydrogen) atoms. The molecule has 1 aliphatic heterocycles. The summed E-state index contributed by atoms with van der Waals surface area (Å²) in [5.74, 6) is 1.56. The highest BCUT2D eigenvalue weighted by atomic mass is 15.3. The van der Waals surface area contributed by atoms with Crippen LogP contribution in [0.15, 0.2) is 6.33 Å². The van der Waals surface area contributed by atoms with E-state index in [1.165, 1.54) is 6.33 Å². The van der Waals surface area contributed by atoms with Crippen LogP contribution in [0.4, 0.5) is 11.6 Å². The molecule has 1 aliphatic rings. The molecule has 0 unspecified atom stereocenters. The van der Waals surface area contributed by atoms with E-state index in [4.69, 9.17) is 5.73 Å². The molecular weight excluding hydrogens is 190 g/mol. The fourth-order valence-electron chi connectivity index (χ4n) is 1.79. The quantitative estimate of drug-likeness (QED) is 0.708. The number of nitrogens with two attached hydrogens (primary N) is 1. The molecule has 0 aromatic carbocycles. The summed E-state index contributed by atoms with van der Waals surface area (Å²) in [5.41, 5.74) is 6.75. The first-order valence-electron chi connectivity index (χ1n) is 5.19. The number of hydrogen-bond donors (Lipinski definition) is 1. The number of anilines is 2. The molecule has 0 atom stereocenters. The van der Waals surface area contributed by atoms with Crippen molar-refractivity contribution in [3.63, 3.8) is 0 Å². The number of piperazine rings is 1. The van der Waals surface area contributed by atoms with Gasteiger partial charge in [-0.15, -0.1) is 0 Å². The molecule has 1 saturated heterocycles. The number of aromatic nitrogens is 2. The van der Waals surface area contributed by atoms with Gasteiger partial charge in [0, 0.05) is 31.7 Å². The van der Waals surface area contributed by atoms with Gasteiger partial charge in [0.2, 0.25) is 0 Å². The molecule has 0 spiro atoms. The van der Waals surface area contributed by atoms with E-state index in [2.05, 4.69) is 26.8 Å². The monoisotopic (exact) mass is 207 g/mol. The minimum absolute atomic E-state index is 0.582. The van der Waals surface area contributed by atoms with Crippen LogP contribution in [-0.4, -0.2) is 48.1 Å². The molecule has 0 amide bonds. The summed E-state index contributed by atoms with van der Waals surface area (Å²) in [7, 11) is 2.14.